The molecule has 3 aromatic rings. The molecule has 0 atom stereocenters. The van der Waals surface area contributed by atoms with Crippen LogP contribution in [0.1, 0.15) is 5.56 Å². The van der Waals surface area contributed by atoms with Crippen LogP contribution in [-0.2, 0) is 0 Å². The minimum absolute atomic E-state index is 0.218. The highest BCUT2D eigenvalue weighted by Gasteiger charge is 2.00. The van der Waals surface area contributed by atoms with Gasteiger partial charge in [0, 0.05) is 5.52 Å². The highest BCUT2D eigenvalue weighted by molar-refractivity contribution is 7.72. The molecule has 0 fully saturated rings. The van der Waals surface area contributed by atoms with Crippen molar-refractivity contribution in [2.45, 2.75) is 0 Å². The van der Waals surface area contributed by atoms with Gasteiger partial charge in [0.2, 0.25) is 9.54 Å². The number of benzene rings is 1. The molecule has 6 nitrogen and oxygen atoms in total. The summed E-state index contributed by atoms with van der Waals surface area (Å²) in [5.74, 6) is 0. The summed E-state index contributed by atoms with van der Waals surface area (Å²) in [7, 11) is 0. The van der Waals surface area contributed by atoms with Gasteiger partial charge in [-0.25, -0.2) is 0 Å². The molecule has 3 N–H and O–H groups in total. The summed E-state index contributed by atoms with van der Waals surface area (Å²) in [5, 5.41) is 10.4. The molecule has 0 aliphatic carbocycles. The Bertz CT molecular complexity index is 948. The van der Waals surface area contributed by atoms with Crippen LogP contribution in [0.3, 0.4) is 0 Å². The highest BCUT2D eigenvalue weighted by atomic mass is 32.1. The first kappa shape index (κ1) is 12.7. The van der Waals surface area contributed by atoms with Crippen LogP contribution in [0.2, 0.25) is 0 Å². The second-order valence-corrected chi connectivity index (χ2v) is 4.83. The first-order valence-electron chi connectivity index (χ1n) is 5.71. The Morgan fingerprint density at radius 1 is 1.15 bits per heavy atom. The number of pyridine rings is 1. The fourth-order valence-electron chi connectivity index (χ4n) is 1.79. The summed E-state index contributed by atoms with van der Waals surface area (Å²) in [6.07, 6.45) is 1.43. The maximum absolute atomic E-state index is 11.9. The lowest BCUT2D eigenvalue weighted by molar-refractivity contribution is 0.848. The van der Waals surface area contributed by atoms with Crippen molar-refractivity contribution >= 4 is 41.6 Å². The van der Waals surface area contributed by atoms with E-state index in [1.165, 1.54) is 10.9 Å². The van der Waals surface area contributed by atoms with Crippen molar-refractivity contribution in [3.63, 3.8) is 0 Å². The number of aromatic nitrogens is 4. The standard InChI is InChI=1S/C12H9N5OS2/c18-10-8(5-7-3-1-2-4-9(7)14-10)6-13-17-11(19)15-16-12(17)20/h1-6H,(H,14,18)(H,15,19)(H,16,20)/b13-6+. The van der Waals surface area contributed by atoms with Crippen molar-refractivity contribution in [1.29, 1.82) is 0 Å². The Morgan fingerprint density at radius 3 is 2.60 bits per heavy atom. The van der Waals surface area contributed by atoms with Crippen molar-refractivity contribution in [1.82, 2.24) is 19.9 Å². The predicted octanol–water partition coefficient (Wildman–Crippen LogP) is 2.33. The summed E-state index contributed by atoms with van der Waals surface area (Å²) < 4.78 is 2.01. The molecule has 1 aromatic carbocycles. The molecule has 3 rings (SSSR count). The number of nitrogens with one attached hydrogen (secondary N) is 3. The molecular formula is C12H9N5OS2. The zero-order valence-electron chi connectivity index (χ0n) is 10.1. The van der Waals surface area contributed by atoms with E-state index in [0.29, 0.717) is 15.1 Å². The smallest absolute Gasteiger partial charge is 0.257 e. The molecule has 8 heteroatoms. The van der Waals surface area contributed by atoms with Crippen LogP contribution in [0.5, 0.6) is 0 Å². The number of H-pyrrole nitrogens is 3. The van der Waals surface area contributed by atoms with Gasteiger partial charge in [-0.1, -0.05) is 18.2 Å². The summed E-state index contributed by atoms with van der Waals surface area (Å²) in [6, 6.07) is 9.29. The topological polar surface area (TPSA) is 81.7 Å². The number of aromatic amines is 3. The maximum atomic E-state index is 11.9. The van der Waals surface area contributed by atoms with Crippen LogP contribution >= 0.6 is 24.4 Å². The molecule has 0 aliphatic heterocycles. The molecule has 0 saturated carbocycles. The fourth-order valence-corrected chi connectivity index (χ4v) is 2.23. The van der Waals surface area contributed by atoms with E-state index in [0.717, 1.165) is 10.9 Å². The van der Waals surface area contributed by atoms with E-state index >= 15 is 0 Å². The van der Waals surface area contributed by atoms with Gasteiger partial charge in [-0.05, 0) is 42.0 Å². The largest absolute Gasteiger partial charge is 0.321 e. The van der Waals surface area contributed by atoms with E-state index in [2.05, 4.69) is 20.3 Å². The van der Waals surface area contributed by atoms with E-state index in [-0.39, 0.29) is 5.56 Å². The fraction of sp³-hybridized carbons (Fsp3) is 0. The summed E-state index contributed by atoms with van der Waals surface area (Å²) in [5.41, 5.74) is 0.996. The molecule has 0 aliphatic rings. The molecule has 2 aromatic heterocycles. The van der Waals surface area contributed by atoms with Crippen molar-refractivity contribution in [2.75, 3.05) is 0 Å². The Balaban J connectivity index is 2.11. The molecule has 0 unspecified atom stereocenters. The number of nitrogens with zero attached hydrogens (tertiary/aromatic N) is 2. The Kier molecular flexibility index (Phi) is 3.17. The number of fused-ring (bicyclic) bond motifs is 1. The van der Waals surface area contributed by atoms with Gasteiger partial charge < -0.3 is 4.98 Å². The van der Waals surface area contributed by atoms with Crippen molar-refractivity contribution in [3.8, 4) is 0 Å². The minimum atomic E-state index is -0.218. The van der Waals surface area contributed by atoms with Gasteiger partial charge in [0.15, 0.2) is 0 Å². The Morgan fingerprint density at radius 2 is 1.85 bits per heavy atom. The molecule has 0 saturated heterocycles. The van der Waals surface area contributed by atoms with Crippen LogP contribution in [-0.4, -0.2) is 26.1 Å². The molecule has 100 valence electrons. The SMILES string of the molecule is O=c1[nH]c2ccccc2cc1/C=N/n1c(=S)[nH][nH]c1=S. The van der Waals surface area contributed by atoms with Crippen molar-refractivity contribution < 1.29 is 0 Å². The Hall–Kier alpha value is -2.32. The number of rotatable bonds is 2. The van der Waals surface area contributed by atoms with Gasteiger partial charge in [0.1, 0.15) is 0 Å². The average molecular weight is 303 g/mol. The molecule has 20 heavy (non-hydrogen) atoms. The first-order chi connectivity index (χ1) is 9.65. The molecule has 0 radical (unpaired) electrons. The number of para-hydroxylation sites is 1. The number of hydrogen-bond donors (Lipinski definition) is 3. The maximum Gasteiger partial charge on any atom is 0.257 e. The lowest BCUT2D eigenvalue weighted by atomic mass is 10.2. The first-order valence-corrected chi connectivity index (χ1v) is 6.53. The van der Waals surface area contributed by atoms with Crippen molar-refractivity contribution in [3.05, 3.63) is 55.8 Å². The van der Waals surface area contributed by atoms with E-state index in [1.54, 1.807) is 6.07 Å². The van der Waals surface area contributed by atoms with Gasteiger partial charge in [0.25, 0.3) is 5.56 Å². The lowest BCUT2D eigenvalue weighted by Crippen LogP contribution is -2.12. The summed E-state index contributed by atoms with van der Waals surface area (Å²) in [4.78, 5) is 14.7. The van der Waals surface area contributed by atoms with Crippen LogP contribution in [0.15, 0.2) is 40.2 Å². The molecule has 0 amide bonds. The van der Waals surface area contributed by atoms with Gasteiger partial charge >= 0.3 is 0 Å². The average Bonchev–Trinajstić information content (AvgIpc) is 2.76. The van der Waals surface area contributed by atoms with Crippen LogP contribution in [0, 0.1) is 9.54 Å². The summed E-state index contributed by atoms with van der Waals surface area (Å²) >= 11 is 10.0. The highest BCUT2D eigenvalue weighted by Crippen LogP contribution is 2.09. The Labute approximate surface area is 122 Å². The lowest BCUT2D eigenvalue weighted by Gasteiger charge is -1.98. The van der Waals surface area contributed by atoms with Gasteiger partial charge in [0.05, 0.1) is 11.8 Å². The monoisotopic (exact) mass is 303 g/mol. The van der Waals surface area contributed by atoms with E-state index in [1.807, 2.05) is 24.3 Å². The predicted molar refractivity (Wildman–Crippen MR) is 82.4 cm³/mol. The third-order valence-electron chi connectivity index (χ3n) is 2.76. The normalized spacial score (nSPS) is 11.4. The van der Waals surface area contributed by atoms with Crippen molar-refractivity contribution in [2.24, 2.45) is 5.10 Å². The minimum Gasteiger partial charge on any atom is -0.321 e. The van der Waals surface area contributed by atoms with Gasteiger partial charge in [-0.2, -0.15) is 9.78 Å². The van der Waals surface area contributed by atoms with Gasteiger partial charge in [-0.3, -0.25) is 15.0 Å². The van der Waals surface area contributed by atoms with Crippen LogP contribution in [0.4, 0.5) is 0 Å². The molecular weight excluding hydrogens is 294 g/mol. The third kappa shape index (κ3) is 2.26. The van der Waals surface area contributed by atoms with E-state index < -0.39 is 0 Å². The van der Waals surface area contributed by atoms with E-state index in [9.17, 15) is 4.79 Å². The molecule has 0 bridgehead atoms. The zero-order chi connectivity index (χ0) is 14.1. The summed E-state index contributed by atoms with van der Waals surface area (Å²) in [6.45, 7) is 0. The third-order valence-corrected chi connectivity index (χ3v) is 3.31. The van der Waals surface area contributed by atoms with Gasteiger partial charge in [-0.15, -0.1) is 0 Å². The number of hydrogen-bond acceptors (Lipinski definition) is 4. The van der Waals surface area contributed by atoms with Crippen LogP contribution in [0.25, 0.3) is 10.9 Å². The zero-order valence-corrected chi connectivity index (χ0v) is 11.7. The second kappa shape index (κ2) is 4.99. The van der Waals surface area contributed by atoms with E-state index in [4.69, 9.17) is 24.4 Å². The quantitative estimate of drug-likeness (QED) is 0.502. The molecule has 0 spiro atoms. The molecule has 2 heterocycles. The second-order valence-electron chi connectivity index (χ2n) is 4.06. The van der Waals surface area contributed by atoms with Crippen LogP contribution < -0.4 is 5.56 Å².